The first-order valence-corrected chi connectivity index (χ1v) is 7.32. The maximum absolute atomic E-state index is 2.38. The monoisotopic (exact) mass is 418 g/mol. The van der Waals surface area contributed by atoms with Gasteiger partial charge in [0.25, 0.3) is 0 Å². The molecule has 1 aromatic rings. The molecule has 116 valence electrons. The van der Waals surface area contributed by atoms with Gasteiger partial charge in [0.15, 0.2) is 0 Å². The molecule has 0 nitrogen and oxygen atoms in total. The fourth-order valence-electron chi connectivity index (χ4n) is 3.59. The van der Waals surface area contributed by atoms with Crippen molar-refractivity contribution in [3.63, 3.8) is 0 Å². The predicted molar refractivity (Wildman–Crippen MR) is 86.1 cm³/mol. The molecule has 1 aromatic carbocycles. The molecule has 0 bridgehead atoms. The third-order valence-electron chi connectivity index (χ3n) is 4.63. The minimum Gasteiger partial charge on any atom is -1.00 e. The van der Waals surface area contributed by atoms with Crippen molar-refractivity contribution in [2.45, 2.75) is 19.8 Å². The Balaban J connectivity index is 0.000000882. The maximum Gasteiger partial charge on any atom is 2.00 e. The van der Waals surface area contributed by atoms with E-state index in [0.29, 0.717) is 0 Å². The van der Waals surface area contributed by atoms with E-state index in [2.05, 4.69) is 73.7 Å². The minimum absolute atomic E-state index is 0. The van der Waals surface area contributed by atoms with Gasteiger partial charge >= 0.3 is 26.2 Å². The fourth-order valence-corrected chi connectivity index (χ4v) is 3.59. The molecule has 3 aliphatic rings. The minimum atomic E-state index is 0. The van der Waals surface area contributed by atoms with Crippen molar-refractivity contribution in [1.82, 2.24) is 0 Å². The Hall–Kier alpha value is -0.617. The summed E-state index contributed by atoms with van der Waals surface area (Å²) in [5.74, 6) is 0. The summed E-state index contributed by atoms with van der Waals surface area (Å²) in [6, 6.07) is 8.72. The standard InChI is InChI=1S/C20H18.2ClH.Zr/c1-20(14-15-7-2-3-8-15)12-6-11-18-17-10-5-4-9-16(17)13-19(18)20;;;/h2-7,9-13H,8,14H2,1H3;2*1H;/q;;;+2/p-2. The Morgan fingerprint density at radius 3 is 2.57 bits per heavy atom. The third kappa shape index (κ3) is 3.58. The summed E-state index contributed by atoms with van der Waals surface area (Å²) >= 11 is 0. The Bertz CT molecular complexity index is 738. The molecule has 3 aliphatic carbocycles. The Labute approximate surface area is 170 Å². The van der Waals surface area contributed by atoms with E-state index in [4.69, 9.17) is 0 Å². The van der Waals surface area contributed by atoms with Gasteiger partial charge in [-0.3, -0.25) is 0 Å². The van der Waals surface area contributed by atoms with Gasteiger partial charge in [0.05, 0.1) is 0 Å². The van der Waals surface area contributed by atoms with Gasteiger partial charge in [-0.25, -0.2) is 0 Å². The van der Waals surface area contributed by atoms with Crippen molar-refractivity contribution in [2.24, 2.45) is 5.41 Å². The van der Waals surface area contributed by atoms with Gasteiger partial charge in [-0.05, 0) is 41.2 Å². The van der Waals surface area contributed by atoms with Crippen molar-refractivity contribution in [3.8, 4) is 0 Å². The van der Waals surface area contributed by atoms with Crippen molar-refractivity contribution in [3.05, 3.63) is 83.0 Å². The largest absolute Gasteiger partial charge is 2.00 e. The quantitative estimate of drug-likeness (QED) is 0.595. The first-order valence-electron chi connectivity index (χ1n) is 7.32. The summed E-state index contributed by atoms with van der Waals surface area (Å²) in [5.41, 5.74) is 7.31. The van der Waals surface area contributed by atoms with Gasteiger partial charge in [-0.15, -0.1) is 0 Å². The second-order valence-corrected chi connectivity index (χ2v) is 6.14. The number of hydrogen-bond donors (Lipinski definition) is 0. The summed E-state index contributed by atoms with van der Waals surface area (Å²) in [6.45, 7) is 2.37. The second-order valence-electron chi connectivity index (χ2n) is 6.14. The number of rotatable bonds is 2. The van der Waals surface area contributed by atoms with Crippen LogP contribution >= 0.6 is 0 Å². The smallest absolute Gasteiger partial charge is 1.00 e. The number of fused-ring (bicyclic) bond motifs is 3. The maximum atomic E-state index is 2.38. The van der Waals surface area contributed by atoms with Gasteiger partial charge in [0.2, 0.25) is 0 Å². The van der Waals surface area contributed by atoms with E-state index < -0.39 is 0 Å². The third-order valence-corrected chi connectivity index (χ3v) is 4.63. The van der Waals surface area contributed by atoms with Gasteiger partial charge in [0, 0.05) is 5.41 Å². The molecule has 3 heteroatoms. The van der Waals surface area contributed by atoms with Gasteiger partial charge in [0.1, 0.15) is 0 Å². The number of hydrogen-bond acceptors (Lipinski definition) is 0. The van der Waals surface area contributed by atoms with Gasteiger partial charge < -0.3 is 24.8 Å². The predicted octanol–water partition coefficient (Wildman–Crippen LogP) is -0.675. The van der Waals surface area contributed by atoms with Crippen LogP contribution in [-0.4, -0.2) is 0 Å². The van der Waals surface area contributed by atoms with Gasteiger partial charge in [-0.1, -0.05) is 73.2 Å². The van der Waals surface area contributed by atoms with Crippen molar-refractivity contribution >= 4 is 11.6 Å². The van der Waals surface area contributed by atoms with Crippen molar-refractivity contribution < 1.29 is 51.0 Å². The molecule has 0 spiro atoms. The van der Waals surface area contributed by atoms with Crippen LogP contribution in [0.1, 0.15) is 30.9 Å². The number of allylic oxidation sites excluding steroid dienone is 9. The molecule has 0 radical (unpaired) electrons. The van der Waals surface area contributed by atoms with E-state index in [0.717, 1.165) is 12.8 Å². The zero-order valence-electron chi connectivity index (χ0n) is 13.0. The summed E-state index contributed by atoms with van der Waals surface area (Å²) in [6.07, 6.45) is 18.2. The van der Waals surface area contributed by atoms with E-state index in [1.807, 2.05) is 0 Å². The first kappa shape index (κ1) is 20.4. The van der Waals surface area contributed by atoms with Crippen LogP contribution in [0.2, 0.25) is 0 Å². The summed E-state index contributed by atoms with van der Waals surface area (Å²) in [5, 5.41) is 0. The zero-order chi connectivity index (χ0) is 13.6. The molecule has 0 aromatic heterocycles. The molecule has 1 unspecified atom stereocenters. The molecule has 0 aliphatic heterocycles. The molecule has 4 rings (SSSR count). The van der Waals surface area contributed by atoms with E-state index in [1.54, 1.807) is 0 Å². The average Bonchev–Trinajstić information content (AvgIpc) is 3.07. The molecule has 0 saturated heterocycles. The van der Waals surface area contributed by atoms with E-state index >= 15 is 0 Å². The Morgan fingerprint density at radius 1 is 1.04 bits per heavy atom. The zero-order valence-corrected chi connectivity index (χ0v) is 17.0. The second kappa shape index (κ2) is 7.97. The molecule has 0 fully saturated rings. The Kier molecular flexibility index (Phi) is 7.08. The summed E-state index contributed by atoms with van der Waals surface area (Å²) in [7, 11) is 0. The van der Waals surface area contributed by atoms with E-state index in [9.17, 15) is 0 Å². The van der Waals surface area contributed by atoms with Crippen molar-refractivity contribution in [2.75, 3.05) is 0 Å². The fraction of sp³-hybridized carbons (Fsp3) is 0.200. The van der Waals surface area contributed by atoms with Crippen LogP contribution in [0.5, 0.6) is 0 Å². The summed E-state index contributed by atoms with van der Waals surface area (Å²) < 4.78 is 0. The molecule has 1 atom stereocenters. The SMILES string of the molecule is CC1(CC2=CC=CC2)C=CC=C2C1=Cc1ccccc12.[Cl-].[Cl-].[Zr+2]. The number of halogens is 2. The summed E-state index contributed by atoms with van der Waals surface area (Å²) in [4.78, 5) is 0. The van der Waals surface area contributed by atoms with Crippen molar-refractivity contribution in [1.29, 1.82) is 0 Å². The van der Waals surface area contributed by atoms with E-state index in [1.165, 1.54) is 27.8 Å². The van der Waals surface area contributed by atoms with Crippen LogP contribution in [0.4, 0.5) is 0 Å². The molecular formula is C20H18Cl2Zr. The average molecular weight is 420 g/mol. The molecule has 0 heterocycles. The first-order chi connectivity index (χ1) is 9.76. The van der Waals surface area contributed by atoms with Gasteiger partial charge in [-0.2, -0.15) is 0 Å². The Morgan fingerprint density at radius 2 is 1.83 bits per heavy atom. The van der Waals surface area contributed by atoms with Crippen LogP contribution in [-0.2, 0) is 26.2 Å². The normalized spacial score (nSPS) is 22.6. The molecule has 0 N–H and O–H groups in total. The molecule has 0 saturated carbocycles. The van der Waals surface area contributed by atoms with Crippen LogP contribution in [0.3, 0.4) is 0 Å². The van der Waals surface area contributed by atoms with Crippen LogP contribution in [0, 0.1) is 5.41 Å². The van der Waals surface area contributed by atoms with E-state index in [-0.39, 0.29) is 56.4 Å². The van der Waals surface area contributed by atoms with Crippen LogP contribution in [0.15, 0.2) is 71.9 Å². The van der Waals surface area contributed by atoms with Crippen LogP contribution < -0.4 is 24.8 Å². The molecule has 0 amide bonds. The topological polar surface area (TPSA) is 0 Å². The molecule has 23 heavy (non-hydrogen) atoms. The van der Waals surface area contributed by atoms with Crippen LogP contribution in [0.25, 0.3) is 11.6 Å². The molecular weight excluding hydrogens is 402 g/mol. The number of benzene rings is 1.